The van der Waals surface area contributed by atoms with Crippen molar-refractivity contribution < 1.29 is 9.59 Å². The molecule has 1 aromatic rings. The molecule has 0 unspecified atom stereocenters. The lowest BCUT2D eigenvalue weighted by atomic mass is 10.0. The van der Waals surface area contributed by atoms with Crippen LogP contribution in [0.1, 0.15) is 33.2 Å². The van der Waals surface area contributed by atoms with Crippen LogP contribution in [0, 0.1) is 11.3 Å². The van der Waals surface area contributed by atoms with Gasteiger partial charge in [0.25, 0.3) is 0 Å². The number of ketones is 1. The minimum atomic E-state index is -0.197. The second-order valence-electron chi connectivity index (χ2n) is 2.67. The van der Waals surface area contributed by atoms with E-state index in [-0.39, 0.29) is 11.3 Å². The van der Waals surface area contributed by atoms with Crippen LogP contribution >= 0.6 is 15.9 Å². The maximum Gasteiger partial charge on any atom is 0.160 e. The van der Waals surface area contributed by atoms with Crippen LogP contribution in [0.25, 0.3) is 0 Å². The van der Waals surface area contributed by atoms with E-state index in [1.807, 2.05) is 6.07 Å². The Morgan fingerprint density at radius 3 is 2.64 bits per heavy atom. The third kappa shape index (κ3) is 1.73. The van der Waals surface area contributed by atoms with Crippen molar-refractivity contribution >= 4 is 28.0 Å². The average molecular weight is 252 g/mol. The third-order valence-corrected chi connectivity index (χ3v) is 2.65. The smallest absolute Gasteiger partial charge is 0.160 e. The van der Waals surface area contributed by atoms with Crippen LogP contribution in [0.3, 0.4) is 0 Å². The number of benzene rings is 1. The SMILES string of the molecule is CC(=O)c1ccc(C#N)c(Br)c1C=O. The second-order valence-corrected chi connectivity index (χ2v) is 3.47. The van der Waals surface area contributed by atoms with Gasteiger partial charge < -0.3 is 0 Å². The molecule has 0 aliphatic rings. The van der Waals surface area contributed by atoms with Crippen molar-refractivity contribution in [2.45, 2.75) is 6.92 Å². The summed E-state index contributed by atoms with van der Waals surface area (Å²) >= 11 is 3.11. The van der Waals surface area contributed by atoms with E-state index in [9.17, 15) is 9.59 Å². The van der Waals surface area contributed by atoms with Gasteiger partial charge in [-0.1, -0.05) is 0 Å². The van der Waals surface area contributed by atoms with E-state index in [4.69, 9.17) is 5.26 Å². The van der Waals surface area contributed by atoms with Gasteiger partial charge in [0.1, 0.15) is 6.07 Å². The zero-order valence-corrected chi connectivity index (χ0v) is 8.96. The van der Waals surface area contributed by atoms with Gasteiger partial charge in [0.2, 0.25) is 0 Å². The standard InChI is InChI=1S/C10H6BrNO2/c1-6(14)8-3-2-7(4-12)10(11)9(8)5-13/h2-3,5H,1H3. The summed E-state index contributed by atoms with van der Waals surface area (Å²) in [6.45, 7) is 1.38. The molecular weight excluding hydrogens is 246 g/mol. The zero-order chi connectivity index (χ0) is 10.7. The second kappa shape index (κ2) is 4.16. The molecule has 0 N–H and O–H groups in total. The highest BCUT2D eigenvalue weighted by Gasteiger charge is 2.13. The Kier molecular flexibility index (Phi) is 3.15. The van der Waals surface area contributed by atoms with Gasteiger partial charge in [-0.15, -0.1) is 0 Å². The molecule has 0 saturated heterocycles. The number of nitrogens with zero attached hydrogens (tertiary/aromatic N) is 1. The van der Waals surface area contributed by atoms with Crippen molar-refractivity contribution in [1.82, 2.24) is 0 Å². The summed E-state index contributed by atoms with van der Waals surface area (Å²) in [6, 6.07) is 4.91. The number of aldehydes is 1. The Morgan fingerprint density at radius 1 is 1.57 bits per heavy atom. The number of hydrogen-bond acceptors (Lipinski definition) is 3. The number of Topliss-reactive ketones (excluding diaryl/α,β-unsaturated/α-hetero) is 1. The number of carbonyl (C=O) groups excluding carboxylic acids is 2. The van der Waals surface area contributed by atoms with Crippen LogP contribution in [0.5, 0.6) is 0 Å². The molecule has 0 bridgehead atoms. The van der Waals surface area contributed by atoms with Crippen LogP contribution < -0.4 is 0 Å². The first kappa shape index (κ1) is 10.6. The quantitative estimate of drug-likeness (QED) is 0.599. The first-order chi connectivity index (χ1) is 6.61. The van der Waals surface area contributed by atoms with Crippen molar-refractivity contribution in [1.29, 1.82) is 5.26 Å². The number of halogens is 1. The summed E-state index contributed by atoms with van der Waals surface area (Å²) < 4.78 is 0.378. The van der Waals surface area contributed by atoms with Crippen molar-refractivity contribution in [3.8, 4) is 6.07 Å². The molecule has 0 spiro atoms. The number of rotatable bonds is 2. The van der Waals surface area contributed by atoms with Gasteiger partial charge in [-0.25, -0.2) is 0 Å². The minimum Gasteiger partial charge on any atom is -0.298 e. The molecule has 0 saturated carbocycles. The predicted molar refractivity (Wildman–Crippen MR) is 54.2 cm³/mol. The van der Waals surface area contributed by atoms with E-state index in [2.05, 4.69) is 15.9 Å². The van der Waals surface area contributed by atoms with Crippen molar-refractivity contribution in [3.05, 3.63) is 33.3 Å². The Balaban J connectivity index is 3.53. The van der Waals surface area contributed by atoms with Crippen LogP contribution in [-0.4, -0.2) is 12.1 Å². The van der Waals surface area contributed by atoms with Crippen molar-refractivity contribution in [2.24, 2.45) is 0 Å². The molecule has 0 aliphatic heterocycles. The van der Waals surface area contributed by atoms with E-state index in [1.165, 1.54) is 19.1 Å². The Labute approximate surface area is 89.5 Å². The van der Waals surface area contributed by atoms with Crippen molar-refractivity contribution in [2.75, 3.05) is 0 Å². The minimum absolute atomic E-state index is 0.197. The van der Waals surface area contributed by atoms with E-state index in [1.54, 1.807) is 0 Å². The molecule has 0 amide bonds. The molecular formula is C10H6BrNO2. The molecule has 14 heavy (non-hydrogen) atoms. The lowest BCUT2D eigenvalue weighted by Gasteiger charge is -2.03. The highest BCUT2D eigenvalue weighted by atomic mass is 79.9. The van der Waals surface area contributed by atoms with Crippen molar-refractivity contribution in [3.63, 3.8) is 0 Å². The fraction of sp³-hybridized carbons (Fsp3) is 0.100. The summed E-state index contributed by atoms with van der Waals surface area (Å²) in [5.41, 5.74) is 0.902. The van der Waals surface area contributed by atoms with Gasteiger partial charge in [0, 0.05) is 15.6 Å². The van der Waals surface area contributed by atoms with E-state index in [0.29, 0.717) is 21.9 Å². The molecule has 0 heterocycles. The summed E-state index contributed by atoms with van der Waals surface area (Å²) in [5.74, 6) is -0.197. The summed E-state index contributed by atoms with van der Waals surface area (Å²) in [7, 11) is 0. The fourth-order valence-corrected chi connectivity index (χ4v) is 1.63. The third-order valence-electron chi connectivity index (χ3n) is 1.80. The normalized spacial score (nSPS) is 9.21. The Bertz CT molecular complexity index is 446. The number of nitriles is 1. The maximum atomic E-state index is 11.1. The van der Waals surface area contributed by atoms with Gasteiger partial charge >= 0.3 is 0 Å². The largest absolute Gasteiger partial charge is 0.298 e. The van der Waals surface area contributed by atoms with E-state index >= 15 is 0 Å². The van der Waals surface area contributed by atoms with Crippen LogP contribution in [0.2, 0.25) is 0 Å². The molecule has 0 fully saturated rings. The first-order valence-corrected chi connectivity index (χ1v) is 4.59. The monoisotopic (exact) mass is 251 g/mol. The molecule has 4 heteroatoms. The van der Waals surface area contributed by atoms with Gasteiger partial charge in [0.15, 0.2) is 12.1 Å². The Hall–Kier alpha value is -1.47. The molecule has 0 aliphatic carbocycles. The summed E-state index contributed by atoms with van der Waals surface area (Å²) in [4.78, 5) is 21.8. The lowest BCUT2D eigenvalue weighted by molar-refractivity contribution is 0.100. The van der Waals surface area contributed by atoms with Gasteiger partial charge in [0.05, 0.1) is 5.56 Å². The zero-order valence-electron chi connectivity index (χ0n) is 7.37. The molecule has 0 aromatic heterocycles. The first-order valence-electron chi connectivity index (χ1n) is 3.80. The topological polar surface area (TPSA) is 57.9 Å². The Morgan fingerprint density at radius 2 is 2.21 bits per heavy atom. The lowest BCUT2D eigenvalue weighted by Crippen LogP contribution is -2.00. The van der Waals surface area contributed by atoms with Crippen LogP contribution in [-0.2, 0) is 0 Å². The number of carbonyl (C=O) groups is 2. The summed E-state index contributed by atoms with van der Waals surface area (Å²) in [5, 5.41) is 8.69. The van der Waals surface area contributed by atoms with Gasteiger partial charge in [-0.05, 0) is 35.0 Å². The van der Waals surface area contributed by atoms with Gasteiger partial charge in [-0.2, -0.15) is 5.26 Å². The maximum absolute atomic E-state index is 11.1. The average Bonchev–Trinajstić information content (AvgIpc) is 2.17. The predicted octanol–water partition coefficient (Wildman–Crippen LogP) is 2.34. The summed E-state index contributed by atoms with van der Waals surface area (Å²) in [6.07, 6.45) is 0.571. The van der Waals surface area contributed by atoms with Crippen LogP contribution in [0.4, 0.5) is 0 Å². The molecule has 3 nitrogen and oxygen atoms in total. The van der Waals surface area contributed by atoms with E-state index in [0.717, 1.165) is 0 Å². The molecule has 1 rings (SSSR count). The molecule has 0 atom stereocenters. The molecule has 70 valence electrons. The highest BCUT2D eigenvalue weighted by Crippen LogP contribution is 2.23. The van der Waals surface area contributed by atoms with Gasteiger partial charge in [-0.3, -0.25) is 9.59 Å². The highest BCUT2D eigenvalue weighted by molar-refractivity contribution is 9.10. The molecule has 0 radical (unpaired) electrons. The number of hydrogen-bond donors (Lipinski definition) is 0. The fourth-order valence-electron chi connectivity index (χ4n) is 1.10. The molecule has 1 aromatic carbocycles. The van der Waals surface area contributed by atoms with Crippen LogP contribution in [0.15, 0.2) is 16.6 Å². The van der Waals surface area contributed by atoms with E-state index < -0.39 is 0 Å².